The molecule has 3 nitrogen and oxygen atoms in total. The number of ether oxygens (including phenoxy) is 1. The number of esters is 1. The molecule has 1 aromatic rings. The van der Waals surface area contributed by atoms with Crippen LogP contribution in [0.4, 0.5) is 0 Å². The van der Waals surface area contributed by atoms with Gasteiger partial charge in [0.15, 0.2) is 0 Å². The monoisotopic (exact) mass is 193 g/mol. The van der Waals surface area contributed by atoms with Crippen molar-refractivity contribution in [1.82, 2.24) is 4.98 Å². The van der Waals surface area contributed by atoms with Gasteiger partial charge in [0.05, 0.1) is 0 Å². The molecule has 1 N–H and O–H groups in total. The molecule has 0 aliphatic carbocycles. The minimum atomic E-state index is -0.431. The van der Waals surface area contributed by atoms with E-state index >= 15 is 0 Å². The first-order valence-corrected chi connectivity index (χ1v) is 4.51. The van der Waals surface area contributed by atoms with Crippen molar-refractivity contribution in [3.63, 3.8) is 0 Å². The van der Waals surface area contributed by atoms with Gasteiger partial charge in [-0.3, -0.25) is 0 Å². The van der Waals surface area contributed by atoms with Crippen molar-refractivity contribution in [2.75, 3.05) is 0 Å². The Bertz CT molecular complexity index is 318. The number of carbonyl (C=O) groups excluding carboxylic acids is 1. The van der Waals surface area contributed by atoms with Gasteiger partial charge in [0.25, 0.3) is 0 Å². The van der Waals surface area contributed by atoms with Crippen molar-refractivity contribution in [2.45, 2.75) is 26.4 Å². The second kappa shape index (κ2) is 4.13. The van der Waals surface area contributed by atoms with E-state index in [0.29, 0.717) is 0 Å². The molecule has 0 fully saturated rings. The van der Waals surface area contributed by atoms with E-state index in [9.17, 15) is 4.79 Å². The summed E-state index contributed by atoms with van der Waals surface area (Å²) in [6, 6.07) is 1.88. The predicted octanol–water partition coefficient (Wildman–Crippen LogP) is 2.37. The third-order valence-corrected chi connectivity index (χ3v) is 1.44. The van der Waals surface area contributed by atoms with Crippen LogP contribution in [-0.2, 0) is 9.53 Å². The van der Waals surface area contributed by atoms with E-state index in [4.69, 9.17) is 4.74 Å². The summed E-state index contributed by atoms with van der Waals surface area (Å²) in [5.74, 6) is -0.321. The van der Waals surface area contributed by atoms with Gasteiger partial charge in [-0.05, 0) is 38.5 Å². The Morgan fingerprint density at radius 2 is 2.21 bits per heavy atom. The second-order valence-corrected chi connectivity index (χ2v) is 4.01. The third-order valence-electron chi connectivity index (χ3n) is 1.44. The lowest BCUT2D eigenvalue weighted by Gasteiger charge is -2.17. The molecule has 0 saturated carbocycles. The van der Waals surface area contributed by atoms with Crippen molar-refractivity contribution in [1.29, 1.82) is 0 Å². The molecule has 0 spiro atoms. The molecule has 1 heterocycles. The van der Waals surface area contributed by atoms with E-state index in [1.165, 1.54) is 6.08 Å². The van der Waals surface area contributed by atoms with E-state index in [1.54, 1.807) is 18.5 Å². The molecule has 0 saturated heterocycles. The Hall–Kier alpha value is -1.51. The molecule has 1 aromatic heterocycles. The minimum Gasteiger partial charge on any atom is -0.457 e. The van der Waals surface area contributed by atoms with E-state index in [0.717, 1.165) is 5.56 Å². The largest absolute Gasteiger partial charge is 0.457 e. The van der Waals surface area contributed by atoms with Crippen LogP contribution in [0.3, 0.4) is 0 Å². The molecule has 76 valence electrons. The average Bonchev–Trinajstić information content (AvgIpc) is 2.49. The number of carbonyl (C=O) groups is 1. The van der Waals surface area contributed by atoms with Crippen molar-refractivity contribution in [3.8, 4) is 0 Å². The van der Waals surface area contributed by atoms with E-state index < -0.39 is 5.60 Å². The Morgan fingerprint density at radius 3 is 2.71 bits per heavy atom. The standard InChI is InChI=1S/C11H15NO2/c1-11(2,3)14-10(13)5-4-9-6-7-12-8-9/h4-8,12H,1-3H3/b5-4+. The zero-order chi connectivity index (χ0) is 10.6. The van der Waals surface area contributed by atoms with E-state index in [-0.39, 0.29) is 5.97 Å². The first-order valence-electron chi connectivity index (χ1n) is 4.51. The fraction of sp³-hybridized carbons (Fsp3) is 0.364. The maximum absolute atomic E-state index is 11.2. The maximum Gasteiger partial charge on any atom is 0.331 e. The molecule has 0 aromatic carbocycles. The molecule has 0 aliphatic rings. The Labute approximate surface area is 83.8 Å². The van der Waals surface area contributed by atoms with Crippen LogP contribution in [0.15, 0.2) is 24.5 Å². The first kappa shape index (κ1) is 10.6. The molecule has 14 heavy (non-hydrogen) atoms. The highest BCUT2D eigenvalue weighted by Gasteiger charge is 2.13. The fourth-order valence-corrected chi connectivity index (χ4v) is 0.941. The molecule has 0 amide bonds. The highest BCUT2D eigenvalue weighted by molar-refractivity contribution is 5.87. The van der Waals surface area contributed by atoms with Gasteiger partial charge in [-0.25, -0.2) is 4.79 Å². The molecular formula is C11H15NO2. The lowest BCUT2D eigenvalue weighted by atomic mass is 10.2. The topological polar surface area (TPSA) is 42.1 Å². The van der Waals surface area contributed by atoms with Gasteiger partial charge >= 0.3 is 5.97 Å². The molecule has 3 heteroatoms. The summed E-state index contributed by atoms with van der Waals surface area (Å²) >= 11 is 0. The van der Waals surface area contributed by atoms with E-state index in [2.05, 4.69) is 4.98 Å². The van der Waals surface area contributed by atoms with Gasteiger partial charge < -0.3 is 9.72 Å². The minimum absolute atomic E-state index is 0.321. The highest BCUT2D eigenvalue weighted by Crippen LogP contribution is 2.08. The fourth-order valence-electron chi connectivity index (χ4n) is 0.941. The van der Waals surface area contributed by atoms with Crippen LogP contribution in [0.1, 0.15) is 26.3 Å². The molecule has 0 radical (unpaired) electrons. The number of rotatable bonds is 2. The van der Waals surface area contributed by atoms with Crippen LogP contribution >= 0.6 is 0 Å². The molecule has 0 aliphatic heterocycles. The Morgan fingerprint density at radius 1 is 1.50 bits per heavy atom. The molecule has 0 bridgehead atoms. The number of H-pyrrole nitrogens is 1. The van der Waals surface area contributed by atoms with Crippen LogP contribution in [-0.4, -0.2) is 16.6 Å². The zero-order valence-corrected chi connectivity index (χ0v) is 8.70. The summed E-state index contributed by atoms with van der Waals surface area (Å²) in [5.41, 5.74) is 0.524. The van der Waals surface area contributed by atoms with Crippen LogP contribution in [0.5, 0.6) is 0 Å². The first-order chi connectivity index (χ1) is 6.47. The predicted molar refractivity (Wildman–Crippen MR) is 55.7 cm³/mol. The Kier molecular flexibility index (Phi) is 3.12. The summed E-state index contributed by atoms with van der Waals surface area (Å²) in [6.07, 6.45) is 6.74. The van der Waals surface area contributed by atoms with Gasteiger partial charge in [0, 0.05) is 18.5 Å². The van der Waals surface area contributed by atoms with Gasteiger partial charge in [0.2, 0.25) is 0 Å². The van der Waals surface area contributed by atoms with Crippen molar-refractivity contribution in [2.24, 2.45) is 0 Å². The second-order valence-electron chi connectivity index (χ2n) is 4.01. The smallest absolute Gasteiger partial charge is 0.331 e. The molecular weight excluding hydrogens is 178 g/mol. The van der Waals surface area contributed by atoms with Crippen molar-refractivity contribution < 1.29 is 9.53 Å². The normalized spacial score (nSPS) is 11.9. The summed E-state index contributed by atoms with van der Waals surface area (Å²) in [4.78, 5) is 14.1. The van der Waals surface area contributed by atoms with Gasteiger partial charge in [-0.15, -0.1) is 0 Å². The maximum atomic E-state index is 11.2. The van der Waals surface area contributed by atoms with Crippen molar-refractivity contribution in [3.05, 3.63) is 30.1 Å². The number of nitrogens with one attached hydrogen (secondary N) is 1. The SMILES string of the molecule is CC(C)(C)OC(=O)/C=C/c1cc[nH]c1. The zero-order valence-electron chi connectivity index (χ0n) is 8.70. The number of hydrogen-bond acceptors (Lipinski definition) is 2. The molecule has 0 unspecified atom stereocenters. The van der Waals surface area contributed by atoms with Gasteiger partial charge in [0.1, 0.15) is 5.60 Å². The lowest BCUT2D eigenvalue weighted by molar-refractivity contribution is -0.148. The highest BCUT2D eigenvalue weighted by atomic mass is 16.6. The van der Waals surface area contributed by atoms with Crippen LogP contribution in [0.25, 0.3) is 6.08 Å². The number of aromatic nitrogens is 1. The lowest BCUT2D eigenvalue weighted by Crippen LogP contribution is -2.22. The number of hydrogen-bond donors (Lipinski definition) is 1. The quantitative estimate of drug-likeness (QED) is 0.578. The van der Waals surface area contributed by atoms with E-state index in [1.807, 2.05) is 26.8 Å². The average molecular weight is 193 g/mol. The van der Waals surface area contributed by atoms with Gasteiger partial charge in [-0.2, -0.15) is 0 Å². The third kappa shape index (κ3) is 3.94. The molecule has 0 atom stereocenters. The molecule has 1 rings (SSSR count). The summed E-state index contributed by atoms with van der Waals surface area (Å²) in [5, 5.41) is 0. The van der Waals surface area contributed by atoms with Gasteiger partial charge in [-0.1, -0.05) is 0 Å². The number of aromatic amines is 1. The van der Waals surface area contributed by atoms with Crippen molar-refractivity contribution >= 4 is 12.0 Å². The summed E-state index contributed by atoms with van der Waals surface area (Å²) in [7, 11) is 0. The van der Waals surface area contributed by atoms with Crippen LogP contribution in [0.2, 0.25) is 0 Å². The Balaban J connectivity index is 2.49. The summed E-state index contributed by atoms with van der Waals surface area (Å²) < 4.78 is 5.10. The summed E-state index contributed by atoms with van der Waals surface area (Å²) in [6.45, 7) is 5.53. The van der Waals surface area contributed by atoms with Crippen LogP contribution in [0, 0.1) is 0 Å². The van der Waals surface area contributed by atoms with Crippen LogP contribution < -0.4 is 0 Å².